The second kappa shape index (κ2) is 7.36. The molecule has 6 nitrogen and oxygen atoms in total. The van der Waals surface area contributed by atoms with Crippen molar-refractivity contribution >= 4 is 23.2 Å². The number of aliphatic imine (C=N–C) groups is 1. The summed E-state index contributed by atoms with van der Waals surface area (Å²) in [6.45, 7) is 0. The van der Waals surface area contributed by atoms with Crippen LogP contribution in [0.2, 0.25) is 0 Å². The third kappa shape index (κ3) is 3.48. The molecular formula is C22H17N3O3. The van der Waals surface area contributed by atoms with Gasteiger partial charge in [0.05, 0.1) is 11.4 Å². The van der Waals surface area contributed by atoms with Gasteiger partial charge in [-0.15, -0.1) is 0 Å². The number of nitrogens with zero attached hydrogens (tertiary/aromatic N) is 1. The number of fused-ring (bicyclic) bond motifs is 1. The minimum Gasteiger partial charge on any atom is -0.508 e. The molecule has 0 saturated heterocycles. The van der Waals surface area contributed by atoms with Crippen LogP contribution < -0.4 is 10.6 Å². The van der Waals surface area contributed by atoms with Crippen molar-refractivity contribution in [3.63, 3.8) is 0 Å². The maximum atomic E-state index is 12.7. The van der Waals surface area contributed by atoms with Crippen molar-refractivity contribution in [2.75, 3.05) is 5.32 Å². The van der Waals surface area contributed by atoms with Crippen LogP contribution in [0.5, 0.6) is 5.75 Å². The predicted octanol–water partition coefficient (Wildman–Crippen LogP) is 2.94. The zero-order valence-electron chi connectivity index (χ0n) is 14.8. The highest BCUT2D eigenvalue weighted by Gasteiger charge is 2.27. The first-order chi connectivity index (χ1) is 13.6. The first-order valence-corrected chi connectivity index (χ1v) is 8.75. The van der Waals surface area contributed by atoms with Crippen molar-refractivity contribution in [2.24, 2.45) is 4.99 Å². The van der Waals surface area contributed by atoms with Crippen LogP contribution in [-0.4, -0.2) is 28.8 Å². The molecular weight excluding hydrogens is 354 g/mol. The van der Waals surface area contributed by atoms with Gasteiger partial charge in [0, 0.05) is 16.7 Å². The highest BCUT2D eigenvalue weighted by atomic mass is 16.3. The fraction of sp³-hybridized carbons (Fsp3) is 0.0455. The Morgan fingerprint density at radius 1 is 0.929 bits per heavy atom. The summed E-state index contributed by atoms with van der Waals surface area (Å²) in [6, 6.07) is 22.7. The summed E-state index contributed by atoms with van der Waals surface area (Å²) in [6.07, 6.45) is -1.09. The van der Waals surface area contributed by atoms with Crippen LogP contribution in [0.25, 0.3) is 0 Å². The van der Waals surface area contributed by atoms with Gasteiger partial charge in [-0.2, -0.15) is 0 Å². The van der Waals surface area contributed by atoms with Crippen LogP contribution in [0.4, 0.5) is 5.69 Å². The van der Waals surface area contributed by atoms with E-state index in [-0.39, 0.29) is 5.75 Å². The van der Waals surface area contributed by atoms with Gasteiger partial charge >= 0.3 is 0 Å². The molecule has 2 amide bonds. The minimum absolute atomic E-state index is 0.0589. The van der Waals surface area contributed by atoms with Gasteiger partial charge in [0.15, 0.2) is 0 Å². The molecule has 28 heavy (non-hydrogen) atoms. The number of aromatic hydroxyl groups is 1. The van der Waals surface area contributed by atoms with Crippen LogP contribution in [0.15, 0.2) is 83.9 Å². The summed E-state index contributed by atoms with van der Waals surface area (Å²) in [4.78, 5) is 29.8. The lowest BCUT2D eigenvalue weighted by Crippen LogP contribution is -2.42. The number of rotatable bonds is 3. The molecule has 0 aliphatic carbocycles. The molecule has 0 aromatic heterocycles. The standard InChI is InChI=1S/C22H17N3O3/c26-16-12-10-15(11-13-16)21(27)25-20-22(28)23-18-9-5-4-8-17(18)19(24-20)14-6-2-1-3-7-14/h1-13,20,26H,(H,23,28)(H,25,27)/t20-/m1/s1. The molecule has 0 radical (unpaired) electrons. The number of carbonyl (C=O) groups excluding carboxylic acids is 2. The fourth-order valence-corrected chi connectivity index (χ4v) is 3.00. The molecule has 3 N–H and O–H groups in total. The first kappa shape index (κ1) is 17.5. The van der Waals surface area contributed by atoms with E-state index in [1.165, 1.54) is 24.3 Å². The normalized spacial score (nSPS) is 15.6. The quantitative estimate of drug-likeness (QED) is 0.661. The van der Waals surface area contributed by atoms with E-state index >= 15 is 0 Å². The number of anilines is 1. The molecule has 6 heteroatoms. The Morgan fingerprint density at radius 3 is 2.36 bits per heavy atom. The Balaban J connectivity index is 1.72. The zero-order valence-corrected chi connectivity index (χ0v) is 14.8. The molecule has 0 fully saturated rings. The van der Waals surface area contributed by atoms with Crippen LogP contribution in [0, 0.1) is 0 Å². The van der Waals surface area contributed by atoms with Crippen molar-refractivity contribution in [3.05, 3.63) is 95.6 Å². The Kier molecular flexibility index (Phi) is 4.60. The molecule has 0 bridgehead atoms. The average Bonchev–Trinajstić information content (AvgIpc) is 2.86. The molecule has 3 aromatic rings. The van der Waals surface area contributed by atoms with Crippen molar-refractivity contribution in [3.8, 4) is 5.75 Å². The SMILES string of the molecule is O=C(N[C@H]1N=C(c2ccccc2)c2ccccc2NC1=O)c1ccc(O)cc1. The van der Waals surface area contributed by atoms with E-state index in [1.807, 2.05) is 48.5 Å². The number of benzodiazepines with no additional fused rings is 1. The van der Waals surface area contributed by atoms with Gasteiger partial charge in [-0.3, -0.25) is 9.59 Å². The largest absolute Gasteiger partial charge is 0.508 e. The van der Waals surface area contributed by atoms with Gasteiger partial charge in [0.1, 0.15) is 5.75 Å². The second-order valence-corrected chi connectivity index (χ2v) is 6.30. The molecule has 1 atom stereocenters. The molecule has 1 heterocycles. The van der Waals surface area contributed by atoms with Crippen LogP contribution in [-0.2, 0) is 4.79 Å². The van der Waals surface area contributed by atoms with E-state index in [1.54, 1.807) is 6.07 Å². The number of hydrogen-bond acceptors (Lipinski definition) is 4. The monoisotopic (exact) mass is 371 g/mol. The fourth-order valence-electron chi connectivity index (χ4n) is 3.00. The summed E-state index contributed by atoms with van der Waals surface area (Å²) in [5.41, 5.74) is 3.20. The van der Waals surface area contributed by atoms with E-state index in [9.17, 15) is 14.7 Å². The smallest absolute Gasteiger partial charge is 0.269 e. The van der Waals surface area contributed by atoms with E-state index in [4.69, 9.17) is 0 Å². The van der Waals surface area contributed by atoms with Crippen molar-refractivity contribution in [2.45, 2.75) is 6.17 Å². The first-order valence-electron chi connectivity index (χ1n) is 8.75. The Labute approximate surface area is 161 Å². The van der Waals surface area contributed by atoms with Crippen LogP contribution in [0.3, 0.4) is 0 Å². The Morgan fingerprint density at radius 2 is 1.61 bits per heavy atom. The van der Waals surface area contributed by atoms with E-state index in [0.29, 0.717) is 17.0 Å². The maximum absolute atomic E-state index is 12.7. The molecule has 4 rings (SSSR count). The van der Waals surface area contributed by atoms with Crippen molar-refractivity contribution in [1.82, 2.24) is 5.32 Å². The van der Waals surface area contributed by atoms with E-state index < -0.39 is 18.0 Å². The number of benzene rings is 3. The van der Waals surface area contributed by atoms with Gasteiger partial charge < -0.3 is 15.7 Å². The van der Waals surface area contributed by atoms with Gasteiger partial charge in [0.25, 0.3) is 11.8 Å². The summed E-state index contributed by atoms with van der Waals surface area (Å²) in [7, 11) is 0. The highest BCUT2D eigenvalue weighted by Crippen LogP contribution is 2.23. The number of para-hydroxylation sites is 1. The number of nitrogens with one attached hydrogen (secondary N) is 2. The maximum Gasteiger partial charge on any atom is 0.269 e. The number of amides is 2. The summed E-state index contributed by atoms with van der Waals surface area (Å²) in [5, 5.41) is 14.9. The number of hydrogen-bond donors (Lipinski definition) is 3. The molecule has 0 spiro atoms. The number of phenols is 1. The average molecular weight is 371 g/mol. The third-order valence-corrected chi connectivity index (χ3v) is 4.39. The van der Waals surface area contributed by atoms with Gasteiger partial charge in [0.2, 0.25) is 6.17 Å². The Hall–Kier alpha value is -3.93. The summed E-state index contributed by atoms with van der Waals surface area (Å²) < 4.78 is 0. The van der Waals surface area contributed by atoms with E-state index in [2.05, 4.69) is 15.6 Å². The number of phenolic OH excluding ortho intramolecular Hbond substituents is 1. The van der Waals surface area contributed by atoms with Gasteiger partial charge in [-0.1, -0.05) is 48.5 Å². The van der Waals surface area contributed by atoms with Crippen LogP contribution in [0.1, 0.15) is 21.5 Å². The van der Waals surface area contributed by atoms with Crippen LogP contribution >= 0.6 is 0 Å². The van der Waals surface area contributed by atoms with Gasteiger partial charge in [-0.05, 0) is 30.3 Å². The number of carbonyl (C=O) groups is 2. The second-order valence-electron chi connectivity index (χ2n) is 6.30. The van der Waals surface area contributed by atoms with Gasteiger partial charge in [-0.25, -0.2) is 4.99 Å². The lowest BCUT2D eigenvalue weighted by atomic mass is 10.0. The lowest BCUT2D eigenvalue weighted by molar-refractivity contribution is -0.117. The highest BCUT2D eigenvalue weighted by molar-refractivity contribution is 6.20. The summed E-state index contributed by atoms with van der Waals surface area (Å²) >= 11 is 0. The predicted molar refractivity (Wildman–Crippen MR) is 107 cm³/mol. The third-order valence-electron chi connectivity index (χ3n) is 4.39. The van der Waals surface area contributed by atoms with Crippen molar-refractivity contribution in [1.29, 1.82) is 0 Å². The molecule has 1 aliphatic heterocycles. The topological polar surface area (TPSA) is 90.8 Å². The van der Waals surface area contributed by atoms with E-state index in [0.717, 1.165) is 11.1 Å². The molecule has 0 unspecified atom stereocenters. The summed E-state index contributed by atoms with van der Waals surface area (Å²) in [5.74, 6) is -0.823. The minimum atomic E-state index is -1.09. The molecule has 1 aliphatic rings. The lowest BCUT2D eigenvalue weighted by Gasteiger charge is -2.13. The molecule has 138 valence electrons. The zero-order chi connectivity index (χ0) is 19.5. The molecule has 3 aromatic carbocycles. The Bertz CT molecular complexity index is 1060. The van der Waals surface area contributed by atoms with Crippen molar-refractivity contribution < 1.29 is 14.7 Å². The molecule has 0 saturated carbocycles.